The summed E-state index contributed by atoms with van der Waals surface area (Å²) in [5.74, 6) is -0.0379. The molecule has 1 unspecified atom stereocenters. The number of methoxy groups -OCH3 is 2. The molecule has 0 bridgehead atoms. The molecule has 1 aliphatic carbocycles. The summed E-state index contributed by atoms with van der Waals surface area (Å²) < 4.78 is 24.4. The molecule has 0 saturated heterocycles. The molecule has 19 heavy (non-hydrogen) atoms. The Morgan fingerprint density at radius 3 is 2.53 bits per heavy atom. The maximum atomic E-state index is 13.8. The van der Waals surface area contributed by atoms with Crippen LogP contribution in [0.1, 0.15) is 37.3 Å². The number of benzene rings is 1. The van der Waals surface area contributed by atoms with E-state index in [2.05, 4.69) is 5.32 Å². The van der Waals surface area contributed by atoms with Gasteiger partial charge < -0.3 is 14.8 Å². The molecule has 2 rings (SSSR count). The molecule has 0 amide bonds. The first-order chi connectivity index (χ1) is 9.14. The normalized spacial score (nSPS) is 18.7. The van der Waals surface area contributed by atoms with Gasteiger partial charge in [-0.1, -0.05) is 6.07 Å². The van der Waals surface area contributed by atoms with E-state index in [0.717, 1.165) is 24.8 Å². The Balaban J connectivity index is 2.15. The van der Waals surface area contributed by atoms with E-state index in [0.29, 0.717) is 0 Å². The highest BCUT2D eigenvalue weighted by Crippen LogP contribution is 2.42. The van der Waals surface area contributed by atoms with Crippen LogP contribution in [0.3, 0.4) is 0 Å². The fraction of sp³-hybridized carbons (Fsp3) is 0.600. The van der Waals surface area contributed by atoms with Gasteiger partial charge in [-0.2, -0.15) is 0 Å². The lowest BCUT2D eigenvalue weighted by molar-refractivity contribution is -0.0834. The summed E-state index contributed by atoms with van der Waals surface area (Å²) >= 11 is 0. The summed E-state index contributed by atoms with van der Waals surface area (Å²) in [5.41, 5.74) is 0.897. The average Bonchev–Trinajstić information content (AvgIpc) is 2.38. The Bertz CT molecular complexity index is 427. The van der Waals surface area contributed by atoms with Gasteiger partial charge in [-0.05, 0) is 50.4 Å². The van der Waals surface area contributed by atoms with E-state index in [4.69, 9.17) is 9.47 Å². The van der Waals surface area contributed by atoms with Gasteiger partial charge in [0.05, 0.1) is 12.7 Å². The molecule has 0 heterocycles. The second-order valence-electron chi connectivity index (χ2n) is 5.18. The Labute approximate surface area is 114 Å². The number of nitrogens with one attached hydrogen (secondary N) is 1. The molecule has 0 aliphatic heterocycles. The number of ether oxygens (including phenoxy) is 2. The second kappa shape index (κ2) is 5.88. The lowest BCUT2D eigenvalue weighted by atomic mass is 9.74. The molecule has 0 spiro atoms. The van der Waals surface area contributed by atoms with Gasteiger partial charge in [-0.3, -0.25) is 0 Å². The Morgan fingerprint density at radius 2 is 2.11 bits per heavy atom. The van der Waals surface area contributed by atoms with E-state index in [1.807, 2.05) is 13.1 Å². The Morgan fingerprint density at radius 1 is 1.37 bits per heavy atom. The summed E-state index contributed by atoms with van der Waals surface area (Å²) in [6.07, 6.45) is 4.24. The molecule has 3 nitrogen and oxygen atoms in total. The van der Waals surface area contributed by atoms with Crippen LogP contribution in [-0.2, 0) is 4.74 Å². The Kier molecular flexibility index (Phi) is 4.42. The molecular weight excluding hydrogens is 245 g/mol. The van der Waals surface area contributed by atoms with Gasteiger partial charge in [-0.25, -0.2) is 4.39 Å². The maximum absolute atomic E-state index is 13.8. The molecular formula is C15H22FNO2. The fourth-order valence-electron chi connectivity index (χ4n) is 2.72. The highest BCUT2D eigenvalue weighted by atomic mass is 19.1. The van der Waals surface area contributed by atoms with Crippen LogP contribution in [0.15, 0.2) is 18.2 Å². The van der Waals surface area contributed by atoms with Gasteiger partial charge in [-0.15, -0.1) is 0 Å². The highest BCUT2D eigenvalue weighted by molar-refractivity contribution is 5.31. The molecule has 1 N–H and O–H groups in total. The average molecular weight is 267 g/mol. The summed E-state index contributed by atoms with van der Waals surface area (Å²) in [5, 5.41) is 3.25. The first-order valence-electron chi connectivity index (χ1n) is 6.70. The van der Waals surface area contributed by atoms with Crippen LogP contribution < -0.4 is 10.1 Å². The van der Waals surface area contributed by atoms with Gasteiger partial charge in [0, 0.05) is 13.2 Å². The van der Waals surface area contributed by atoms with Gasteiger partial charge >= 0.3 is 0 Å². The lowest BCUT2D eigenvalue weighted by Gasteiger charge is -2.43. The van der Waals surface area contributed by atoms with Crippen LogP contribution in [0, 0.1) is 5.82 Å². The van der Waals surface area contributed by atoms with Crippen LogP contribution in [-0.4, -0.2) is 26.9 Å². The molecule has 1 atom stereocenters. The maximum Gasteiger partial charge on any atom is 0.165 e. The Hall–Kier alpha value is -1.13. The van der Waals surface area contributed by atoms with Crippen molar-refractivity contribution in [2.24, 2.45) is 0 Å². The summed E-state index contributed by atoms with van der Waals surface area (Å²) in [4.78, 5) is 0. The van der Waals surface area contributed by atoms with Crippen LogP contribution in [0.2, 0.25) is 0 Å². The topological polar surface area (TPSA) is 30.5 Å². The number of rotatable bonds is 6. The molecule has 1 aliphatic rings. The first-order valence-corrected chi connectivity index (χ1v) is 6.70. The van der Waals surface area contributed by atoms with Crippen molar-refractivity contribution < 1.29 is 13.9 Å². The van der Waals surface area contributed by atoms with Gasteiger partial charge in [0.1, 0.15) is 0 Å². The SMILES string of the molecule is CNC(CC1(OC)CCC1)c1ccc(OC)c(F)c1. The molecule has 0 radical (unpaired) electrons. The minimum atomic E-state index is -0.319. The van der Waals surface area contributed by atoms with E-state index in [-0.39, 0.29) is 23.2 Å². The van der Waals surface area contributed by atoms with Gasteiger partial charge in [0.15, 0.2) is 11.6 Å². The van der Waals surface area contributed by atoms with E-state index < -0.39 is 0 Å². The zero-order valence-electron chi connectivity index (χ0n) is 11.8. The minimum absolute atomic E-state index is 0.0376. The molecule has 4 heteroatoms. The quantitative estimate of drug-likeness (QED) is 0.859. The molecule has 1 aromatic rings. The van der Waals surface area contributed by atoms with E-state index >= 15 is 0 Å². The monoisotopic (exact) mass is 267 g/mol. The second-order valence-corrected chi connectivity index (χ2v) is 5.18. The third-order valence-corrected chi connectivity index (χ3v) is 4.20. The predicted octanol–water partition coefficient (Wildman–Crippen LogP) is 3.05. The van der Waals surface area contributed by atoms with E-state index in [9.17, 15) is 4.39 Å². The standard InChI is InChI=1S/C15H22FNO2/c1-17-13(10-15(19-3)7-4-8-15)11-5-6-14(18-2)12(16)9-11/h5-6,9,13,17H,4,7-8,10H2,1-3H3. The lowest BCUT2D eigenvalue weighted by Crippen LogP contribution is -2.42. The van der Waals surface area contributed by atoms with Gasteiger partial charge in [0.25, 0.3) is 0 Å². The van der Waals surface area contributed by atoms with Crippen LogP contribution in [0.4, 0.5) is 4.39 Å². The van der Waals surface area contributed by atoms with Gasteiger partial charge in [0.2, 0.25) is 0 Å². The largest absolute Gasteiger partial charge is 0.494 e. The zero-order valence-corrected chi connectivity index (χ0v) is 11.8. The molecule has 1 aromatic carbocycles. The van der Waals surface area contributed by atoms with E-state index in [1.54, 1.807) is 19.2 Å². The number of hydrogen-bond donors (Lipinski definition) is 1. The van der Waals surface area contributed by atoms with Crippen molar-refractivity contribution in [3.8, 4) is 5.75 Å². The molecule has 0 aromatic heterocycles. The van der Waals surface area contributed by atoms with Crippen molar-refractivity contribution in [3.05, 3.63) is 29.6 Å². The number of halogens is 1. The fourth-order valence-corrected chi connectivity index (χ4v) is 2.72. The van der Waals surface area contributed by atoms with Crippen molar-refractivity contribution in [2.75, 3.05) is 21.3 Å². The summed E-state index contributed by atoms with van der Waals surface area (Å²) in [6.45, 7) is 0. The van der Waals surface area contributed by atoms with Crippen molar-refractivity contribution in [1.82, 2.24) is 5.32 Å². The molecule has 106 valence electrons. The van der Waals surface area contributed by atoms with Crippen molar-refractivity contribution >= 4 is 0 Å². The summed E-state index contributed by atoms with van der Waals surface area (Å²) in [7, 11) is 5.14. The van der Waals surface area contributed by atoms with Crippen molar-refractivity contribution in [3.63, 3.8) is 0 Å². The smallest absolute Gasteiger partial charge is 0.165 e. The number of hydrogen-bond acceptors (Lipinski definition) is 3. The minimum Gasteiger partial charge on any atom is -0.494 e. The summed E-state index contributed by atoms with van der Waals surface area (Å²) in [6, 6.07) is 5.23. The first kappa shape index (κ1) is 14.3. The van der Waals surface area contributed by atoms with Crippen molar-refractivity contribution in [2.45, 2.75) is 37.3 Å². The molecule has 1 saturated carbocycles. The zero-order chi connectivity index (χ0) is 13.9. The van der Waals surface area contributed by atoms with Crippen molar-refractivity contribution in [1.29, 1.82) is 0 Å². The van der Waals surface area contributed by atoms with E-state index in [1.165, 1.54) is 13.5 Å². The van der Waals surface area contributed by atoms with Crippen LogP contribution in [0.25, 0.3) is 0 Å². The van der Waals surface area contributed by atoms with Crippen LogP contribution in [0.5, 0.6) is 5.75 Å². The third-order valence-electron chi connectivity index (χ3n) is 4.20. The molecule has 1 fully saturated rings. The van der Waals surface area contributed by atoms with Crippen LogP contribution >= 0.6 is 0 Å². The third kappa shape index (κ3) is 2.90. The highest BCUT2D eigenvalue weighted by Gasteiger charge is 2.39. The predicted molar refractivity (Wildman–Crippen MR) is 73.0 cm³/mol.